The van der Waals surface area contributed by atoms with Crippen LogP contribution in [0.2, 0.25) is 0 Å². The highest BCUT2D eigenvalue weighted by molar-refractivity contribution is 5.79. The predicted octanol–water partition coefficient (Wildman–Crippen LogP) is 2.11. The van der Waals surface area contributed by atoms with Crippen molar-refractivity contribution in [2.75, 3.05) is 31.2 Å². The molecular weight excluding hydrogens is 304 g/mol. The van der Waals surface area contributed by atoms with E-state index in [1.165, 1.54) is 0 Å². The number of piperidine rings is 1. The van der Waals surface area contributed by atoms with Crippen LogP contribution in [0.25, 0.3) is 0 Å². The Labute approximate surface area is 144 Å². The molecule has 132 valence electrons. The van der Waals surface area contributed by atoms with Gasteiger partial charge >= 0.3 is 0 Å². The van der Waals surface area contributed by atoms with Gasteiger partial charge in [-0.25, -0.2) is 9.97 Å². The van der Waals surface area contributed by atoms with Crippen LogP contribution < -0.4 is 10.2 Å². The molecule has 2 aliphatic rings. The first-order chi connectivity index (χ1) is 11.6. The van der Waals surface area contributed by atoms with Crippen molar-refractivity contribution in [2.24, 2.45) is 5.92 Å². The van der Waals surface area contributed by atoms with Crippen molar-refractivity contribution in [1.29, 1.82) is 0 Å². The van der Waals surface area contributed by atoms with E-state index in [4.69, 9.17) is 4.74 Å². The van der Waals surface area contributed by atoms with Gasteiger partial charge in [0.1, 0.15) is 11.6 Å². The molecule has 2 fully saturated rings. The molecule has 0 bridgehead atoms. The summed E-state index contributed by atoms with van der Waals surface area (Å²) in [4.78, 5) is 23.7. The highest BCUT2D eigenvalue weighted by atomic mass is 16.5. The van der Waals surface area contributed by atoms with Gasteiger partial charge in [-0.1, -0.05) is 13.8 Å². The lowest BCUT2D eigenvalue weighted by Crippen LogP contribution is -2.45. The van der Waals surface area contributed by atoms with Gasteiger partial charge in [0.25, 0.3) is 0 Å². The zero-order valence-corrected chi connectivity index (χ0v) is 14.7. The monoisotopic (exact) mass is 332 g/mol. The van der Waals surface area contributed by atoms with Gasteiger partial charge in [0.15, 0.2) is 0 Å². The molecule has 2 aliphatic heterocycles. The third-order valence-electron chi connectivity index (χ3n) is 4.93. The normalized spacial score (nSPS) is 20.4. The lowest BCUT2D eigenvalue weighted by atomic mass is 9.95. The molecule has 0 atom stereocenters. The van der Waals surface area contributed by atoms with Crippen LogP contribution in [0.5, 0.6) is 0 Å². The second-order valence-electron chi connectivity index (χ2n) is 7.08. The number of aromatic nitrogens is 2. The van der Waals surface area contributed by atoms with Gasteiger partial charge < -0.3 is 15.0 Å². The Bertz CT molecular complexity index is 550. The molecule has 0 radical (unpaired) electrons. The third kappa shape index (κ3) is 4.23. The number of rotatable bonds is 4. The maximum atomic E-state index is 12.5. The molecule has 3 heterocycles. The van der Waals surface area contributed by atoms with E-state index >= 15 is 0 Å². The number of amides is 1. The molecule has 1 aromatic rings. The summed E-state index contributed by atoms with van der Waals surface area (Å²) < 4.78 is 5.35. The molecule has 6 heteroatoms. The van der Waals surface area contributed by atoms with Crippen LogP contribution in [0.15, 0.2) is 12.3 Å². The van der Waals surface area contributed by atoms with E-state index in [0.29, 0.717) is 12.0 Å². The van der Waals surface area contributed by atoms with Crippen molar-refractivity contribution < 1.29 is 9.53 Å². The molecular formula is C18H28N4O2. The Morgan fingerprint density at radius 1 is 1.25 bits per heavy atom. The van der Waals surface area contributed by atoms with Gasteiger partial charge in [0.05, 0.1) is 0 Å². The largest absolute Gasteiger partial charge is 0.381 e. The SMILES string of the molecule is CC(C)c1nccc(N2CCC(C(=O)NC3CCOCC3)CC2)n1. The van der Waals surface area contributed by atoms with E-state index in [-0.39, 0.29) is 11.8 Å². The summed E-state index contributed by atoms with van der Waals surface area (Å²) in [6, 6.07) is 2.26. The van der Waals surface area contributed by atoms with Crippen LogP contribution in [0, 0.1) is 5.92 Å². The second-order valence-corrected chi connectivity index (χ2v) is 7.08. The minimum Gasteiger partial charge on any atom is -0.381 e. The van der Waals surface area contributed by atoms with Crippen LogP contribution in [0.4, 0.5) is 5.82 Å². The van der Waals surface area contributed by atoms with Gasteiger partial charge in [-0.3, -0.25) is 4.79 Å². The van der Waals surface area contributed by atoms with Crippen LogP contribution in [0.1, 0.15) is 51.3 Å². The van der Waals surface area contributed by atoms with Gasteiger partial charge in [0.2, 0.25) is 5.91 Å². The zero-order chi connectivity index (χ0) is 16.9. The van der Waals surface area contributed by atoms with Gasteiger partial charge in [0, 0.05) is 50.4 Å². The van der Waals surface area contributed by atoms with Crippen molar-refractivity contribution in [2.45, 2.75) is 51.5 Å². The quantitative estimate of drug-likeness (QED) is 0.915. The van der Waals surface area contributed by atoms with E-state index in [1.54, 1.807) is 0 Å². The summed E-state index contributed by atoms with van der Waals surface area (Å²) in [5.74, 6) is 2.53. The van der Waals surface area contributed by atoms with Crippen molar-refractivity contribution >= 4 is 11.7 Å². The highest BCUT2D eigenvalue weighted by Crippen LogP contribution is 2.23. The maximum Gasteiger partial charge on any atom is 0.223 e. The van der Waals surface area contributed by atoms with Crippen molar-refractivity contribution in [3.05, 3.63) is 18.1 Å². The number of carbonyl (C=O) groups is 1. The minimum absolute atomic E-state index is 0.121. The summed E-state index contributed by atoms with van der Waals surface area (Å²) in [5.41, 5.74) is 0. The average Bonchev–Trinajstić information content (AvgIpc) is 2.63. The van der Waals surface area contributed by atoms with Crippen molar-refractivity contribution in [3.8, 4) is 0 Å². The van der Waals surface area contributed by atoms with Crippen molar-refractivity contribution in [3.63, 3.8) is 0 Å². The van der Waals surface area contributed by atoms with E-state index in [2.05, 4.69) is 34.0 Å². The molecule has 3 rings (SSSR count). The predicted molar refractivity (Wildman–Crippen MR) is 93.0 cm³/mol. The topological polar surface area (TPSA) is 67.4 Å². The fourth-order valence-corrected chi connectivity index (χ4v) is 3.35. The molecule has 1 N–H and O–H groups in total. The summed E-state index contributed by atoms with van der Waals surface area (Å²) in [6.45, 7) is 7.48. The van der Waals surface area contributed by atoms with Crippen LogP contribution in [-0.4, -0.2) is 48.2 Å². The first kappa shape index (κ1) is 17.1. The lowest BCUT2D eigenvalue weighted by molar-refractivity contribution is -0.126. The number of carbonyl (C=O) groups excluding carboxylic acids is 1. The van der Waals surface area contributed by atoms with Crippen LogP contribution >= 0.6 is 0 Å². The van der Waals surface area contributed by atoms with Gasteiger partial charge in [-0.05, 0) is 31.7 Å². The Morgan fingerprint density at radius 2 is 1.96 bits per heavy atom. The Kier molecular flexibility index (Phi) is 5.66. The third-order valence-corrected chi connectivity index (χ3v) is 4.93. The minimum atomic E-state index is 0.121. The number of nitrogens with zero attached hydrogens (tertiary/aromatic N) is 3. The standard InChI is InChI=1S/C18H28N4O2/c1-13(2)17-19-8-3-16(21-17)22-9-4-14(5-10-22)18(23)20-15-6-11-24-12-7-15/h3,8,13-15H,4-7,9-12H2,1-2H3,(H,20,23). The molecule has 6 nitrogen and oxygen atoms in total. The number of anilines is 1. The number of nitrogens with one attached hydrogen (secondary N) is 1. The zero-order valence-electron chi connectivity index (χ0n) is 14.7. The number of ether oxygens (including phenoxy) is 1. The average molecular weight is 332 g/mol. The van der Waals surface area contributed by atoms with Gasteiger partial charge in [-0.15, -0.1) is 0 Å². The fraction of sp³-hybridized carbons (Fsp3) is 0.722. The van der Waals surface area contributed by atoms with Crippen molar-refractivity contribution in [1.82, 2.24) is 15.3 Å². The number of hydrogen-bond donors (Lipinski definition) is 1. The molecule has 0 aromatic carbocycles. The summed E-state index contributed by atoms with van der Waals surface area (Å²) in [7, 11) is 0. The molecule has 0 unspecified atom stereocenters. The summed E-state index contributed by atoms with van der Waals surface area (Å²) in [6.07, 6.45) is 5.47. The summed E-state index contributed by atoms with van der Waals surface area (Å²) in [5, 5.41) is 3.20. The fourth-order valence-electron chi connectivity index (χ4n) is 3.35. The highest BCUT2D eigenvalue weighted by Gasteiger charge is 2.27. The maximum absolute atomic E-state index is 12.5. The molecule has 1 amide bonds. The second kappa shape index (κ2) is 7.92. The van der Waals surface area contributed by atoms with Gasteiger partial charge in [-0.2, -0.15) is 0 Å². The van der Waals surface area contributed by atoms with E-state index in [0.717, 1.165) is 63.6 Å². The molecule has 0 saturated carbocycles. The molecule has 1 aromatic heterocycles. The summed E-state index contributed by atoms with van der Waals surface area (Å²) >= 11 is 0. The first-order valence-corrected chi connectivity index (χ1v) is 9.09. The van der Waals surface area contributed by atoms with Crippen LogP contribution in [0.3, 0.4) is 0 Å². The molecule has 24 heavy (non-hydrogen) atoms. The molecule has 2 saturated heterocycles. The first-order valence-electron chi connectivity index (χ1n) is 9.09. The molecule has 0 spiro atoms. The Balaban J connectivity index is 1.51. The van der Waals surface area contributed by atoms with E-state index in [1.807, 2.05) is 12.3 Å². The lowest BCUT2D eigenvalue weighted by Gasteiger charge is -2.33. The Morgan fingerprint density at radius 3 is 2.62 bits per heavy atom. The van der Waals surface area contributed by atoms with Crippen LogP contribution in [-0.2, 0) is 9.53 Å². The molecule has 0 aliphatic carbocycles. The smallest absolute Gasteiger partial charge is 0.223 e. The Hall–Kier alpha value is -1.69. The van der Waals surface area contributed by atoms with E-state index < -0.39 is 0 Å². The van der Waals surface area contributed by atoms with E-state index in [9.17, 15) is 4.79 Å². The number of hydrogen-bond acceptors (Lipinski definition) is 5.